The van der Waals surface area contributed by atoms with Crippen LogP contribution < -0.4 is 4.90 Å². The minimum Gasteiger partial charge on any atom is -0.311 e. The third-order valence-electron chi connectivity index (χ3n) is 14.2. The number of allylic oxidation sites excluding steroid dienone is 3. The van der Waals surface area contributed by atoms with E-state index in [2.05, 4.69) is 163 Å². The summed E-state index contributed by atoms with van der Waals surface area (Å²) < 4.78 is 2.70. The summed E-state index contributed by atoms with van der Waals surface area (Å²) in [5, 5.41) is 2.70. The first-order valence-electron chi connectivity index (χ1n) is 20.2. The van der Waals surface area contributed by atoms with Crippen LogP contribution in [0.2, 0.25) is 0 Å². The van der Waals surface area contributed by atoms with Gasteiger partial charge >= 0.3 is 0 Å². The van der Waals surface area contributed by atoms with Crippen LogP contribution in [0, 0.1) is 23.7 Å². The lowest BCUT2D eigenvalue weighted by Crippen LogP contribution is -2.55. The van der Waals surface area contributed by atoms with E-state index in [1.54, 1.807) is 11.1 Å². The molecule has 262 valence electrons. The summed E-state index contributed by atoms with van der Waals surface area (Å²) >= 11 is 1.91. The average Bonchev–Trinajstić information content (AvgIpc) is 3.74. The Balaban J connectivity index is 0.971. The number of anilines is 2. The van der Waals surface area contributed by atoms with Crippen molar-refractivity contribution in [3.63, 3.8) is 0 Å². The summed E-state index contributed by atoms with van der Waals surface area (Å²) in [4.78, 5) is 2.57. The first-order valence-corrected chi connectivity index (χ1v) is 21.0. The van der Waals surface area contributed by atoms with Gasteiger partial charge in [-0.2, -0.15) is 0 Å². The molecule has 1 atom stereocenters. The second kappa shape index (κ2) is 11.9. The van der Waals surface area contributed by atoms with Gasteiger partial charge in [-0.25, -0.2) is 0 Å². The third-order valence-corrected chi connectivity index (χ3v) is 15.3. The van der Waals surface area contributed by atoms with Crippen LogP contribution in [0.25, 0.3) is 42.4 Å². The number of hydrogen-bond acceptors (Lipinski definition) is 2. The summed E-state index contributed by atoms with van der Waals surface area (Å²) in [5.74, 6) is 3.72. The van der Waals surface area contributed by atoms with Crippen LogP contribution >= 0.6 is 11.3 Å². The van der Waals surface area contributed by atoms with Crippen LogP contribution in [0.3, 0.4) is 0 Å². The van der Waals surface area contributed by atoms with Crippen molar-refractivity contribution < 1.29 is 0 Å². The van der Waals surface area contributed by atoms with Crippen molar-refractivity contribution in [2.75, 3.05) is 4.90 Å². The molecule has 4 fully saturated rings. The van der Waals surface area contributed by atoms with Gasteiger partial charge in [-0.1, -0.05) is 121 Å². The van der Waals surface area contributed by atoms with Crippen molar-refractivity contribution in [3.8, 4) is 22.3 Å². The van der Waals surface area contributed by atoms with Crippen LogP contribution in [-0.4, -0.2) is 0 Å². The van der Waals surface area contributed by atoms with E-state index in [0.29, 0.717) is 5.92 Å². The van der Waals surface area contributed by atoms with Crippen molar-refractivity contribution in [1.29, 1.82) is 0 Å². The molecule has 1 heterocycles. The highest BCUT2D eigenvalue weighted by atomic mass is 32.1. The summed E-state index contributed by atoms with van der Waals surface area (Å²) in [7, 11) is 0. The molecular formula is C52H43NS. The molecule has 1 spiro atoms. The Morgan fingerprint density at radius 1 is 0.537 bits per heavy atom. The first kappa shape index (κ1) is 31.2. The fourth-order valence-electron chi connectivity index (χ4n) is 12.2. The highest BCUT2D eigenvalue weighted by molar-refractivity contribution is 7.25. The Hall–Kier alpha value is -5.18. The topological polar surface area (TPSA) is 3.24 Å². The zero-order valence-corrected chi connectivity index (χ0v) is 31.3. The number of hydrogen-bond donors (Lipinski definition) is 0. The van der Waals surface area contributed by atoms with Gasteiger partial charge in [0.25, 0.3) is 0 Å². The van der Waals surface area contributed by atoms with E-state index in [0.717, 1.165) is 30.1 Å². The van der Waals surface area contributed by atoms with Crippen molar-refractivity contribution in [2.45, 2.75) is 49.9 Å². The highest BCUT2D eigenvalue weighted by Crippen LogP contribution is 2.69. The van der Waals surface area contributed by atoms with Crippen LogP contribution in [-0.2, 0) is 5.41 Å². The molecule has 4 saturated carbocycles. The normalized spacial score (nSPS) is 26.0. The predicted molar refractivity (Wildman–Crippen MR) is 228 cm³/mol. The molecule has 1 nitrogen and oxygen atoms in total. The van der Waals surface area contributed by atoms with Gasteiger partial charge in [0.15, 0.2) is 0 Å². The van der Waals surface area contributed by atoms with Crippen LogP contribution in [0.5, 0.6) is 0 Å². The summed E-state index contributed by atoms with van der Waals surface area (Å²) in [6.07, 6.45) is 15.4. The maximum absolute atomic E-state index is 2.65. The molecule has 0 amide bonds. The van der Waals surface area contributed by atoms with Gasteiger partial charge in [0.1, 0.15) is 0 Å². The summed E-state index contributed by atoms with van der Waals surface area (Å²) in [5.41, 5.74) is 14.1. The average molecular weight is 714 g/mol. The lowest BCUT2D eigenvalue weighted by Gasteiger charge is -2.61. The Morgan fingerprint density at radius 2 is 1.20 bits per heavy atom. The van der Waals surface area contributed by atoms with Gasteiger partial charge in [-0.3, -0.25) is 0 Å². The molecule has 13 rings (SSSR count). The minimum atomic E-state index is 0.143. The number of rotatable bonds is 5. The Morgan fingerprint density at radius 3 is 2.00 bits per heavy atom. The van der Waals surface area contributed by atoms with Gasteiger partial charge in [-0.15, -0.1) is 11.3 Å². The van der Waals surface area contributed by atoms with E-state index in [-0.39, 0.29) is 5.41 Å². The largest absolute Gasteiger partial charge is 0.311 e. The van der Waals surface area contributed by atoms with Gasteiger partial charge in [0.05, 0.1) is 0 Å². The van der Waals surface area contributed by atoms with Crippen molar-refractivity contribution >= 4 is 42.9 Å². The molecule has 0 aliphatic heterocycles. The van der Waals surface area contributed by atoms with E-state index in [4.69, 9.17) is 0 Å². The molecule has 54 heavy (non-hydrogen) atoms. The minimum absolute atomic E-state index is 0.143. The quantitative estimate of drug-likeness (QED) is 0.172. The first-order chi connectivity index (χ1) is 26.7. The van der Waals surface area contributed by atoms with Crippen molar-refractivity contribution in [3.05, 3.63) is 180 Å². The lowest BCUT2D eigenvalue weighted by molar-refractivity contribution is -0.0399. The zero-order chi connectivity index (χ0) is 35.4. The molecule has 6 aromatic carbocycles. The Labute approximate surface area is 322 Å². The summed E-state index contributed by atoms with van der Waals surface area (Å²) in [6.45, 7) is 0. The molecule has 4 bridgehead atoms. The molecule has 6 aliphatic carbocycles. The highest BCUT2D eigenvalue weighted by Gasteiger charge is 2.61. The second-order valence-corrected chi connectivity index (χ2v) is 18.0. The monoisotopic (exact) mass is 713 g/mol. The fourth-order valence-corrected chi connectivity index (χ4v) is 13.3. The zero-order valence-electron chi connectivity index (χ0n) is 30.5. The number of thiophene rings is 1. The van der Waals surface area contributed by atoms with Crippen LogP contribution in [0.1, 0.15) is 61.1 Å². The maximum Gasteiger partial charge on any atom is 0.0475 e. The van der Waals surface area contributed by atoms with E-state index in [1.165, 1.54) is 97.2 Å². The van der Waals surface area contributed by atoms with Crippen LogP contribution in [0.4, 0.5) is 11.4 Å². The second-order valence-electron chi connectivity index (χ2n) is 16.9. The molecule has 0 radical (unpaired) electrons. The third kappa shape index (κ3) is 4.56. The number of fused-ring (bicyclic) bond motifs is 6. The van der Waals surface area contributed by atoms with Gasteiger partial charge in [0, 0.05) is 48.6 Å². The van der Waals surface area contributed by atoms with Crippen molar-refractivity contribution in [1.82, 2.24) is 0 Å². The van der Waals surface area contributed by atoms with Crippen molar-refractivity contribution in [2.24, 2.45) is 23.7 Å². The molecule has 2 heteroatoms. The van der Waals surface area contributed by atoms with Gasteiger partial charge in [0.2, 0.25) is 0 Å². The molecular weight excluding hydrogens is 671 g/mol. The molecule has 0 N–H and O–H groups in total. The molecule has 1 aromatic heterocycles. The van der Waals surface area contributed by atoms with E-state index in [9.17, 15) is 0 Å². The number of benzene rings is 6. The summed E-state index contributed by atoms with van der Waals surface area (Å²) in [6, 6.07) is 53.0. The van der Waals surface area contributed by atoms with E-state index in [1.807, 2.05) is 11.3 Å². The lowest BCUT2D eigenvalue weighted by atomic mass is 9.43. The maximum atomic E-state index is 2.65. The fraction of sp³-hybridized carbons (Fsp3) is 0.231. The van der Waals surface area contributed by atoms with E-state index >= 15 is 0 Å². The Bertz CT molecular complexity index is 2630. The van der Waals surface area contributed by atoms with Crippen LogP contribution in [0.15, 0.2) is 163 Å². The molecule has 7 aromatic rings. The molecule has 6 aliphatic rings. The number of nitrogens with zero attached hydrogens (tertiary/aromatic N) is 1. The van der Waals surface area contributed by atoms with Gasteiger partial charge in [-0.05, 0) is 138 Å². The standard InChI is InChI=1S/C52H43NS/c1-2-8-35(9-3-1)36-14-16-37(17-15-36)38-18-20-41(21-19-38)53(43-23-25-47-46-11-5-7-13-50(46)54-51(47)32-43)42-22-24-45-44-10-4-6-12-48(44)52(49(45)31-42)39-27-33-26-34(29-39)30-40(52)28-33/h1-18,20-25,31-34,38-40H,19,26-30H2. The SMILES string of the molecule is C1=CC(c2ccc(-c3ccccc3)cc2)CC=C1N(c1ccc2c(c1)C1(c3ccccc3-2)C2CC3CC(C2)CC1C3)c1ccc2c(c1)sc1ccccc12. The van der Waals surface area contributed by atoms with Gasteiger partial charge < -0.3 is 4.90 Å². The Kier molecular flexibility index (Phi) is 6.88. The molecule has 0 saturated heterocycles. The van der Waals surface area contributed by atoms with E-state index < -0.39 is 0 Å². The predicted octanol–water partition coefficient (Wildman–Crippen LogP) is 14.2. The smallest absolute Gasteiger partial charge is 0.0475 e. The molecule has 1 unspecified atom stereocenters.